The van der Waals surface area contributed by atoms with Crippen molar-refractivity contribution in [3.63, 3.8) is 0 Å². The van der Waals surface area contributed by atoms with E-state index < -0.39 is 5.82 Å². The number of hydrogen-bond donors (Lipinski definition) is 1. The first-order valence-electron chi connectivity index (χ1n) is 10.3. The lowest BCUT2D eigenvalue weighted by atomic mass is 9.97. The van der Waals surface area contributed by atoms with Crippen molar-refractivity contribution in [1.82, 2.24) is 14.9 Å². The second-order valence-electron chi connectivity index (χ2n) is 7.37. The number of nitrogens with one attached hydrogen (secondary N) is 1. The molecule has 1 N–H and O–H groups in total. The maximum Gasteiger partial charge on any atom is 0.267 e. The average molecular weight is 446 g/mol. The van der Waals surface area contributed by atoms with E-state index in [1.165, 1.54) is 27.3 Å². The fourth-order valence-electron chi connectivity index (χ4n) is 3.71. The number of nitrogens with zero attached hydrogens (tertiary/aromatic N) is 2. The van der Waals surface area contributed by atoms with E-state index in [2.05, 4.69) is 12.2 Å². The van der Waals surface area contributed by atoms with Crippen molar-refractivity contribution in [2.45, 2.75) is 50.6 Å². The number of aromatic nitrogens is 2. The summed E-state index contributed by atoms with van der Waals surface area (Å²) in [6.07, 6.45) is 5.89. The Hall–Kier alpha value is -2.19. The number of fused-ring (bicyclic) bond motifs is 3. The summed E-state index contributed by atoms with van der Waals surface area (Å²) in [6, 6.07) is 6.20. The highest BCUT2D eigenvalue weighted by Gasteiger charge is 2.24. The molecule has 0 saturated carbocycles. The Morgan fingerprint density at radius 2 is 2.10 bits per heavy atom. The van der Waals surface area contributed by atoms with Crippen molar-refractivity contribution in [1.29, 1.82) is 0 Å². The van der Waals surface area contributed by atoms with Crippen molar-refractivity contribution >= 4 is 39.2 Å². The molecule has 0 aliphatic heterocycles. The largest absolute Gasteiger partial charge is 0.355 e. The minimum atomic E-state index is -0.487. The summed E-state index contributed by atoms with van der Waals surface area (Å²) in [5.74, 6) is -0.478. The molecule has 4 rings (SSSR count). The Kier molecular flexibility index (Phi) is 6.53. The quantitative estimate of drug-likeness (QED) is 0.331. The van der Waals surface area contributed by atoms with Gasteiger partial charge in [-0.25, -0.2) is 9.37 Å². The number of hydrogen-bond acceptors (Lipinski definition) is 5. The minimum absolute atomic E-state index is 0.117. The predicted octanol–water partition coefficient (Wildman–Crippen LogP) is 4.47. The van der Waals surface area contributed by atoms with Crippen LogP contribution in [0.1, 0.15) is 43.0 Å². The number of para-hydroxylation sites is 1. The lowest BCUT2D eigenvalue weighted by Gasteiger charge is -2.14. The standard InChI is InChI=1S/C22H24FN3O2S2/c1-2-3-12-24-18(27)13-29-22-25-20-19(14-8-4-7-11-17(14)30-20)21(28)26(22)16-10-6-5-9-15(16)23/h5-6,9-10H,2-4,7-8,11-13H2,1H3,(H,24,27). The third-order valence-corrected chi connectivity index (χ3v) is 7.36. The highest BCUT2D eigenvalue weighted by Crippen LogP contribution is 2.35. The molecule has 30 heavy (non-hydrogen) atoms. The van der Waals surface area contributed by atoms with Crippen LogP contribution in [0.15, 0.2) is 34.2 Å². The zero-order chi connectivity index (χ0) is 21.1. The molecule has 2 heterocycles. The molecule has 158 valence electrons. The van der Waals surface area contributed by atoms with Crippen LogP contribution in [0.4, 0.5) is 4.39 Å². The van der Waals surface area contributed by atoms with E-state index in [1.807, 2.05) is 0 Å². The third-order valence-electron chi connectivity index (χ3n) is 5.24. The average Bonchev–Trinajstić information content (AvgIpc) is 3.12. The first kappa shape index (κ1) is 21.1. The third kappa shape index (κ3) is 4.16. The van der Waals surface area contributed by atoms with Crippen LogP contribution in [0.2, 0.25) is 0 Å². The number of thioether (sulfide) groups is 1. The molecule has 1 amide bonds. The van der Waals surface area contributed by atoms with Gasteiger partial charge in [-0.15, -0.1) is 11.3 Å². The van der Waals surface area contributed by atoms with E-state index in [1.54, 1.807) is 29.5 Å². The van der Waals surface area contributed by atoms with Crippen LogP contribution < -0.4 is 10.9 Å². The second kappa shape index (κ2) is 9.31. The smallest absolute Gasteiger partial charge is 0.267 e. The van der Waals surface area contributed by atoms with Gasteiger partial charge in [0.1, 0.15) is 10.6 Å². The second-order valence-corrected chi connectivity index (χ2v) is 9.40. The van der Waals surface area contributed by atoms with E-state index >= 15 is 0 Å². The fraction of sp³-hybridized carbons (Fsp3) is 0.409. The van der Waals surface area contributed by atoms with Crippen molar-refractivity contribution in [2.75, 3.05) is 12.3 Å². The number of benzene rings is 1. The zero-order valence-electron chi connectivity index (χ0n) is 16.9. The van der Waals surface area contributed by atoms with Crippen LogP contribution in [0.5, 0.6) is 0 Å². The Labute approximate surface area is 182 Å². The van der Waals surface area contributed by atoms with Gasteiger partial charge in [-0.2, -0.15) is 0 Å². The zero-order valence-corrected chi connectivity index (χ0v) is 18.5. The van der Waals surface area contributed by atoms with Crippen LogP contribution in [-0.2, 0) is 17.6 Å². The molecule has 3 aromatic rings. The van der Waals surface area contributed by atoms with Crippen molar-refractivity contribution in [2.24, 2.45) is 0 Å². The Bertz CT molecular complexity index is 1140. The van der Waals surface area contributed by atoms with Gasteiger partial charge < -0.3 is 5.32 Å². The van der Waals surface area contributed by atoms with E-state index in [4.69, 9.17) is 4.98 Å². The van der Waals surface area contributed by atoms with Crippen LogP contribution >= 0.6 is 23.1 Å². The van der Waals surface area contributed by atoms with Crippen LogP contribution in [-0.4, -0.2) is 27.8 Å². The van der Waals surface area contributed by atoms with Gasteiger partial charge in [0.05, 0.1) is 16.8 Å². The van der Waals surface area contributed by atoms with Crippen LogP contribution in [0, 0.1) is 5.82 Å². The number of carbonyl (C=O) groups excluding carboxylic acids is 1. The number of aryl methyl sites for hydroxylation is 2. The summed E-state index contributed by atoms with van der Waals surface area (Å²) in [5.41, 5.74) is 0.984. The lowest BCUT2D eigenvalue weighted by Crippen LogP contribution is -2.27. The number of rotatable bonds is 7. The number of carbonyl (C=O) groups is 1. The van der Waals surface area contributed by atoms with Crippen molar-refractivity contribution < 1.29 is 9.18 Å². The van der Waals surface area contributed by atoms with E-state index in [-0.39, 0.29) is 22.9 Å². The Balaban J connectivity index is 1.78. The molecule has 0 atom stereocenters. The maximum atomic E-state index is 14.6. The highest BCUT2D eigenvalue weighted by molar-refractivity contribution is 7.99. The summed E-state index contributed by atoms with van der Waals surface area (Å²) in [6.45, 7) is 2.69. The van der Waals surface area contributed by atoms with Gasteiger partial charge in [-0.05, 0) is 49.8 Å². The van der Waals surface area contributed by atoms with E-state index in [0.717, 1.165) is 44.1 Å². The minimum Gasteiger partial charge on any atom is -0.355 e. The molecule has 0 radical (unpaired) electrons. The highest BCUT2D eigenvalue weighted by atomic mass is 32.2. The Morgan fingerprint density at radius 3 is 2.90 bits per heavy atom. The molecule has 2 aromatic heterocycles. The van der Waals surface area contributed by atoms with E-state index in [9.17, 15) is 14.0 Å². The molecule has 1 aliphatic carbocycles. The molecule has 0 spiro atoms. The predicted molar refractivity (Wildman–Crippen MR) is 120 cm³/mol. The summed E-state index contributed by atoms with van der Waals surface area (Å²) in [5, 5.41) is 3.82. The van der Waals surface area contributed by atoms with Crippen molar-refractivity contribution in [3.8, 4) is 5.69 Å². The van der Waals surface area contributed by atoms with Gasteiger partial charge in [-0.3, -0.25) is 14.2 Å². The summed E-state index contributed by atoms with van der Waals surface area (Å²) in [4.78, 5) is 32.4. The molecule has 0 bridgehead atoms. The van der Waals surface area contributed by atoms with Crippen molar-refractivity contribution in [3.05, 3.63) is 50.9 Å². The topological polar surface area (TPSA) is 64.0 Å². The number of unbranched alkanes of at least 4 members (excludes halogenated alkanes) is 1. The SMILES string of the molecule is CCCCNC(=O)CSc1nc2sc3c(c2c(=O)n1-c1ccccc1F)CCCC3. The molecular formula is C22H24FN3O2S2. The monoisotopic (exact) mass is 445 g/mol. The Morgan fingerprint density at radius 1 is 1.30 bits per heavy atom. The van der Waals surface area contributed by atoms with Gasteiger partial charge in [0.2, 0.25) is 5.91 Å². The fourth-order valence-corrected chi connectivity index (χ4v) is 5.85. The number of amides is 1. The molecule has 5 nitrogen and oxygen atoms in total. The van der Waals surface area contributed by atoms with Gasteiger partial charge in [0.15, 0.2) is 5.16 Å². The number of halogens is 1. The number of thiophene rings is 1. The maximum absolute atomic E-state index is 14.6. The van der Waals surface area contributed by atoms with Crippen LogP contribution in [0.25, 0.3) is 15.9 Å². The molecule has 1 aliphatic rings. The molecule has 0 fully saturated rings. The molecule has 0 unspecified atom stereocenters. The first-order chi connectivity index (χ1) is 14.6. The van der Waals surface area contributed by atoms with Gasteiger partial charge in [-0.1, -0.05) is 37.2 Å². The summed E-state index contributed by atoms with van der Waals surface area (Å²) < 4.78 is 16.0. The first-order valence-corrected chi connectivity index (χ1v) is 12.1. The van der Waals surface area contributed by atoms with Gasteiger partial charge >= 0.3 is 0 Å². The van der Waals surface area contributed by atoms with E-state index in [0.29, 0.717) is 21.9 Å². The normalized spacial score (nSPS) is 13.4. The molecular weight excluding hydrogens is 421 g/mol. The summed E-state index contributed by atoms with van der Waals surface area (Å²) in [7, 11) is 0. The lowest BCUT2D eigenvalue weighted by molar-refractivity contribution is -0.118. The molecule has 8 heteroatoms. The molecule has 1 aromatic carbocycles. The van der Waals surface area contributed by atoms with Crippen LogP contribution in [0.3, 0.4) is 0 Å². The van der Waals surface area contributed by atoms with Gasteiger partial charge in [0.25, 0.3) is 5.56 Å². The van der Waals surface area contributed by atoms with Gasteiger partial charge in [0, 0.05) is 11.4 Å². The summed E-state index contributed by atoms with van der Waals surface area (Å²) >= 11 is 2.73. The molecule has 0 saturated heterocycles.